The number of aromatic nitrogens is 1. The Bertz CT molecular complexity index is 682. The summed E-state index contributed by atoms with van der Waals surface area (Å²) in [4.78, 5) is 4.49. The van der Waals surface area contributed by atoms with Crippen LogP contribution in [0.5, 0.6) is 0 Å². The second-order valence-electron chi connectivity index (χ2n) is 3.91. The number of fused-ring (bicyclic) bond motifs is 1. The van der Waals surface area contributed by atoms with Crippen LogP contribution in [0.4, 0.5) is 4.39 Å². The van der Waals surface area contributed by atoms with Crippen molar-refractivity contribution in [1.82, 2.24) is 4.98 Å². The van der Waals surface area contributed by atoms with E-state index in [-0.39, 0.29) is 5.82 Å². The minimum absolute atomic E-state index is 0.221. The van der Waals surface area contributed by atoms with E-state index in [1.807, 2.05) is 42.5 Å². The number of thiazole rings is 1. The van der Waals surface area contributed by atoms with Crippen LogP contribution in [0.2, 0.25) is 0 Å². The molecule has 3 aromatic rings. The van der Waals surface area contributed by atoms with Gasteiger partial charge in [-0.05, 0) is 35.9 Å². The molecule has 0 bridgehead atoms. The van der Waals surface area contributed by atoms with Crippen molar-refractivity contribution >= 4 is 33.7 Å². The Kier molecular flexibility index (Phi) is 2.90. The van der Waals surface area contributed by atoms with Crippen LogP contribution in [0.15, 0.2) is 48.5 Å². The molecule has 0 aliphatic carbocycles. The first kappa shape index (κ1) is 11.1. The third-order valence-electron chi connectivity index (χ3n) is 2.58. The number of halogens is 1. The summed E-state index contributed by atoms with van der Waals surface area (Å²) in [6, 6.07) is 14.5. The van der Waals surface area contributed by atoms with E-state index in [0.29, 0.717) is 0 Å². The van der Waals surface area contributed by atoms with E-state index in [1.54, 1.807) is 17.4 Å². The number of hydrogen-bond acceptors (Lipinski definition) is 2. The van der Waals surface area contributed by atoms with Gasteiger partial charge in [-0.1, -0.05) is 30.3 Å². The number of nitrogens with zero attached hydrogens (tertiary/aromatic N) is 1. The SMILES string of the molecule is Fc1cccc(C=Cc2nc3ccccc3s2)c1. The molecular weight excluding hydrogens is 245 g/mol. The van der Waals surface area contributed by atoms with Crippen molar-refractivity contribution in [2.75, 3.05) is 0 Å². The summed E-state index contributed by atoms with van der Waals surface area (Å²) in [5.74, 6) is -0.221. The van der Waals surface area contributed by atoms with Gasteiger partial charge in [0.2, 0.25) is 0 Å². The zero-order valence-corrected chi connectivity index (χ0v) is 10.3. The number of benzene rings is 2. The molecule has 1 nitrogen and oxygen atoms in total. The smallest absolute Gasteiger partial charge is 0.123 e. The average molecular weight is 255 g/mol. The molecule has 0 spiro atoms. The molecule has 18 heavy (non-hydrogen) atoms. The van der Waals surface area contributed by atoms with E-state index < -0.39 is 0 Å². The van der Waals surface area contributed by atoms with Crippen LogP contribution >= 0.6 is 11.3 Å². The highest BCUT2D eigenvalue weighted by atomic mass is 32.1. The maximum atomic E-state index is 13.0. The van der Waals surface area contributed by atoms with E-state index in [9.17, 15) is 4.39 Å². The summed E-state index contributed by atoms with van der Waals surface area (Å²) in [6.45, 7) is 0. The first-order valence-corrected chi connectivity index (χ1v) is 6.42. The fourth-order valence-corrected chi connectivity index (χ4v) is 2.61. The summed E-state index contributed by atoms with van der Waals surface area (Å²) in [5, 5.41) is 0.931. The topological polar surface area (TPSA) is 12.9 Å². The number of rotatable bonds is 2. The van der Waals surface area contributed by atoms with Crippen LogP contribution in [0.3, 0.4) is 0 Å². The fraction of sp³-hybridized carbons (Fsp3) is 0. The Balaban J connectivity index is 1.92. The van der Waals surface area contributed by atoms with Gasteiger partial charge in [0.05, 0.1) is 10.2 Å². The second kappa shape index (κ2) is 4.70. The molecule has 0 amide bonds. The Morgan fingerprint density at radius 2 is 1.89 bits per heavy atom. The molecule has 0 aliphatic heterocycles. The summed E-state index contributed by atoms with van der Waals surface area (Å²) >= 11 is 1.63. The van der Waals surface area contributed by atoms with Crippen LogP contribution in [0, 0.1) is 5.82 Å². The molecule has 0 fully saturated rings. The molecule has 0 unspecified atom stereocenters. The zero-order chi connectivity index (χ0) is 12.4. The van der Waals surface area contributed by atoms with Crippen molar-refractivity contribution in [1.29, 1.82) is 0 Å². The van der Waals surface area contributed by atoms with Gasteiger partial charge in [-0.15, -0.1) is 11.3 Å². The zero-order valence-electron chi connectivity index (χ0n) is 9.51. The van der Waals surface area contributed by atoms with Crippen molar-refractivity contribution in [3.05, 3.63) is 64.9 Å². The number of hydrogen-bond donors (Lipinski definition) is 0. The van der Waals surface area contributed by atoms with Gasteiger partial charge in [-0.2, -0.15) is 0 Å². The van der Waals surface area contributed by atoms with Gasteiger partial charge in [-0.25, -0.2) is 9.37 Å². The molecule has 1 heterocycles. The monoisotopic (exact) mass is 255 g/mol. The minimum atomic E-state index is -0.221. The van der Waals surface area contributed by atoms with Crippen molar-refractivity contribution in [3.63, 3.8) is 0 Å². The summed E-state index contributed by atoms with van der Waals surface area (Å²) in [5.41, 5.74) is 1.84. The predicted octanol–water partition coefficient (Wildman–Crippen LogP) is 4.61. The Labute approximate surface area is 108 Å². The molecule has 3 rings (SSSR count). The minimum Gasteiger partial charge on any atom is -0.237 e. The van der Waals surface area contributed by atoms with Crippen LogP contribution in [0.1, 0.15) is 10.6 Å². The maximum Gasteiger partial charge on any atom is 0.123 e. The van der Waals surface area contributed by atoms with Crippen molar-refractivity contribution in [2.45, 2.75) is 0 Å². The average Bonchev–Trinajstić information content (AvgIpc) is 2.79. The van der Waals surface area contributed by atoms with E-state index in [2.05, 4.69) is 4.98 Å². The lowest BCUT2D eigenvalue weighted by Gasteiger charge is -1.91. The molecule has 0 saturated heterocycles. The molecule has 0 saturated carbocycles. The molecule has 0 aliphatic rings. The maximum absolute atomic E-state index is 13.0. The van der Waals surface area contributed by atoms with Crippen molar-refractivity contribution in [3.8, 4) is 0 Å². The van der Waals surface area contributed by atoms with Gasteiger partial charge in [0.25, 0.3) is 0 Å². The first-order chi connectivity index (χ1) is 8.81. The van der Waals surface area contributed by atoms with Crippen LogP contribution in [0.25, 0.3) is 22.4 Å². The Hall–Kier alpha value is -2.00. The van der Waals surface area contributed by atoms with Gasteiger partial charge in [0.1, 0.15) is 10.8 Å². The lowest BCUT2D eigenvalue weighted by Crippen LogP contribution is -1.75. The van der Waals surface area contributed by atoms with Gasteiger partial charge in [-0.3, -0.25) is 0 Å². The summed E-state index contributed by atoms with van der Waals surface area (Å²) < 4.78 is 14.2. The third-order valence-corrected chi connectivity index (χ3v) is 3.58. The number of para-hydroxylation sites is 1. The molecule has 88 valence electrons. The quantitative estimate of drug-likeness (QED) is 0.652. The molecule has 0 radical (unpaired) electrons. The van der Waals surface area contributed by atoms with Crippen molar-refractivity contribution < 1.29 is 4.39 Å². The molecular formula is C15H10FNS. The largest absolute Gasteiger partial charge is 0.237 e. The third kappa shape index (κ3) is 2.31. The summed E-state index contributed by atoms with van der Waals surface area (Å²) in [7, 11) is 0. The standard InChI is InChI=1S/C15H10FNS/c16-12-5-3-4-11(10-12)8-9-15-17-13-6-1-2-7-14(13)18-15/h1-10H. The lowest BCUT2D eigenvalue weighted by atomic mass is 10.2. The normalized spacial score (nSPS) is 11.4. The van der Waals surface area contributed by atoms with Gasteiger partial charge >= 0.3 is 0 Å². The van der Waals surface area contributed by atoms with E-state index in [1.165, 1.54) is 12.1 Å². The Morgan fingerprint density at radius 3 is 2.72 bits per heavy atom. The van der Waals surface area contributed by atoms with Gasteiger partial charge in [0, 0.05) is 0 Å². The summed E-state index contributed by atoms with van der Waals surface area (Å²) in [6.07, 6.45) is 3.79. The van der Waals surface area contributed by atoms with E-state index >= 15 is 0 Å². The molecule has 3 heteroatoms. The second-order valence-corrected chi connectivity index (χ2v) is 4.97. The van der Waals surface area contributed by atoms with E-state index in [4.69, 9.17) is 0 Å². The first-order valence-electron chi connectivity index (χ1n) is 5.60. The van der Waals surface area contributed by atoms with Crippen LogP contribution < -0.4 is 0 Å². The highest BCUT2D eigenvalue weighted by molar-refractivity contribution is 7.19. The Morgan fingerprint density at radius 1 is 1.00 bits per heavy atom. The van der Waals surface area contributed by atoms with E-state index in [0.717, 1.165) is 20.8 Å². The van der Waals surface area contributed by atoms with Crippen LogP contribution in [-0.4, -0.2) is 4.98 Å². The van der Waals surface area contributed by atoms with Gasteiger partial charge in [0.15, 0.2) is 0 Å². The molecule has 0 N–H and O–H groups in total. The lowest BCUT2D eigenvalue weighted by molar-refractivity contribution is 0.627. The molecule has 2 aromatic carbocycles. The molecule has 1 aromatic heterocycles. The highest BCUT2D eigenvalue weighted by Crippen LogP contribution is 2.23. The predicted molar refractivity (Wildman–Crippen MR) is 74.9 cm³/mol. The fourth-order valence-electron chi connectivity index (χ4n) is 1.74. The van der Waals surface area contributed by atoms with Crippen LogP contribution in [-0.2, 0) is 0 Å². The van der Waals surface area contributed by atoms with Crippen molar-refractivity contribution in [2.24, 2.45) is 0 Å². The molecule has 0 atom stereocenters. The van der Waals surface area contributed by atoms with Gasteiger partial charge < -0.3 is 0 Å². The highest BCUT2D eigenvalue weighted by Gasteiger charge is 1.99.